The lowest BCUT2D eigenvalue weighted by Crippen LogP contribution is -2.30. The van der Waals surface area contributed by atoms with Gasteiger partial charge in [0.2, 0.25) is 0 Å². The Morgan fingerprint density at radius 1 is 0.929 bits per heavy atom. The molecular formula is C24H19FN2O. The van der Waals surface area contributed by atoms with Gasteiger partial charge in [-0.2, -0.15) is 0 Å². The van der Waals surface area contributed by atoms with Gasteiger partial charge in [-0.25, -0.2) is 4.39 Å². The van der Waals surface area contributed by atoms with E-state index in [1.54, 1.807) is 12.1 Å². The number of hydrogen-bond acceptors (Lipinski definition) is 3. The average molecular weight is 370 g/mol. The topological polar surface area (TPSA) is 24.8 Å². The van der Waals surface area contributed by atoms with Crippen molar-refractivity contribution >= 4 is 17.6 Å². The summed E-state index contributed by atoms with van der Waals surface area (Å²) in [6, 6.07) is 22.9. The Hall–Kier alpha value is -3.40. The first-order valence-corrected chi connectivity index (χ1v) is 9.39. The fourth-order valence-corrected chi connectivity index (χ4v) is 3.67. The molecule has 0 fully saturated rings. The molecule has 0 unspecified atom stereocenters. The number of rotatable bonds is 4. The van der Waals surface area contributed by atoms with E-state index < -0.39 is 0 Å². The molecule has 3 aromatic carbocycles. The van der Waals surface area contributed by atoms with Crippen LogP contribution in [0.2, 0.25) is 0 Å². The van der Waals surface area contributed by atoms with E-state index >= 15 is 0 Å². The lowest BCUT2D eigenvalue weighted by Gasteiger charge is -2.29. The van der Waals surface area contributed by atoms with E-state index in [1.807, 2.05) is 12.1 Å². The molecule has 5 rings (SSSR count). The maximum atomic E-state index is 13.0. The number of nitrogens with zero attached hydrogens (tertiary/aromatic N) is 2. The van der Waals surface area contributed by atoms with Crippen LogP contribution in [-0.4, -0.2) is 23.8 Å². The molecule has 0 N–H and O–H groups in total. The summed E-state index contributed by atoms with van der Waals surface area (Å²) in [6.45, 7) is 2.14. The molecule has 138 valence electrons. The number of halogens is 1. The van der Waals surface area contributed by atoms with Gasteiger partial charge in [0, 0.05) is 12.1 Å². The van der Waals surface area contributed by atoms with Crippen molar-refractivity contribution in [2.45, 2.75) is 6.61 Å². The van der Waals surface area contributed by atoms with Gasteiger partial charge in [0.25, 0.3) is 0 Å². The number of hydrogen-bond donors (Lipinski definition) is 0. The van der Waals surface area contributed by atoms with Crippen LogP contribution >= 0.6 is 0 Å². The molecule has 3 aromatic rings. The Bertz CT molecular complexity index is 1070. The highest BCUT2D eigenvalue weighted by Gasteiger charge is 2.28. The van der Waals surface area contributed by atoms with Gasteiger partial charge in [0.1, 0.15) is 24.0 Å². The summed E-state index contributed by atoms with van der Waals surface area (Å²) in [5.41, 5.74) is 5.64. The molecule has 0 bridgehead atoms. The van der Waals surface area contributed by atoms with Gasteiger partial charge in [-0.3, -0.25) is 4.99 Å². The summed E-state index contributed by atoms with van der Waals surface area (Å²) in [7, 11) is 0. The van der Waals surface area contributed by atoms with Crippen molar-refractivity contribution in [3.8, 4) is 5.75 Å². The van der Waals surface area contributed by atoms with Crippen molar-refractivity contribution in [2.75, 3.05) is 13.1 Å². The first-order valence-electron chi connectivity index (χ1n) is 9.39. The van der Waals surface area contributed by atoms with Gasteiger partial charge in [0.05, 0.1) is 12.2 Å². The van der Waals surface area contributed by atoms with Crippen LogP contribution in [0.25, 0.3) is 11.8 Å². The minimum absolute atomic E-state index is 0.236. The predicted molar refractivity (Wildman–Crippen MR) is 110 cm³/mol. The Morgan fingerprint density at radius 3 is 2.54 bits per heavy atom. The molecule has 0 saturated heterocycles. The molecule has 4 heteroatoms. The molecule has 0 amide bonds. The van der Waals surface area contributed by atoms with Crippen molar-refractivity contribution in [3.63, 3.8) is 0 Å². The molecule has 28 heavy (non-hydrogen) atoms. The Morgan fingerprint density at radius 2 is 1.71 bits per heavy atom. The molecule has 0 radical (unpaired) electrons. The summed E-state index contributed by atoms with van der Waals surface area (Å²) in [4.78, 5) is 7.00. The fraction of sp³-hybridized carbons (Fsp3) is 0.125. The third-order valence-corrected chi connectivity index (χ3v) is 5.09. The second-order valence-electron chi connectivity index (χ2n) is 6.91. The van der Waals surface area contributed by atoms with E-state index in [4.69, 9.17) is 9.73 Å². The van der Waals surface area contributed by atoms with Crippen LogP contribution in [0, 0.1) is 5.82 Å². The molecule has 2 heterocycles. The summed E-state index contributed by atoms with van der Waals surface area (Å²) in [5.74, 6) is 1.62. The average Bonchev–Trinajstić information content (AvgIpc) is 3.23. The number of benzene rings is 3. The van der Waals surface area contributed by atoms with Gasteiger partial charge >= 0.3 is 0 Å². The van der Waals surface area contributed by atoms with Gasteiger partial charge < -0.3 is 9.64 Å². The van der Waals surface area contributed by atoms with Crippen LogP contribution in [-0.2, 0) is 6.61 Å². The zero-order chi connectivity index (χ0) is 18.9. The Kier molecular flexibility index (Phi) is 4.17. The van der Waals surface area contributed by atoms with Crippen LogP contribution in [0.4, 0.5) is 4.39 Å². The van der Waals surface area contributed by atoms with Crippen LogP contribution in [0.15, 0.2) is 77.8 Å². The molecule has 2 aliphatic rings. The second-order valence-corrected chi connectivity index (χ2v) is 6.91. The van der Waals surface area contributed by atoms with Crippen molar-refractivity contribution in [3.05, 3.63) is 101 Å². The SMILES string of the molecule is Fc1ccc(COc2ccc(C3=Cc4ccccc4C4=NCCN34)cc2)cc1. The van der Waals surface area contributed by atoms with Crippen molar-refractivity contribution in [1.82, 2.24) is 4.90 Å². The van der Waals surface area contributed by atoms with Crippen LogP contribution < -0.4 is 4.74 Å². The molecule has 3 nitrogen and oxygen atoms in total. The zero-order valence-electron chi connectivity index (χ0n) is 15.3. The van der Waals surface area contributed by atoms with Crippen molar-refractivity contribution in [1.29, 1.82) is 0 Å². The largest absolute Gasteiger partial charge is 0.489 e. The first-order chi connectivity index (χ1) is 13.8. The highest BCUT2D eigenvalue weighted by molar-refractivity contribution is 6.12. The van der Waals surface area contributed by atoms with E-state index in [-0.39, 0.29) is 5.82 Å². The molecule has 0 spiro atoms. The van der Waals surface area contributed by atoms with E-state index in [1.165, 1.54) is 29.0 Å². The minimum atomic E-state index is -0.236. The van der Waals surface area contributed by atoms with Gasteiger partial charge in [-0.15, -0.1) is 0 Å². The highest BCUT2D eigenvalue weighted by Crippen LogP contribution is 2.33. The lowest BCUT2D eigenvalue weighted by molar-refractivity contribution is 0.306. The quantitative estimate of drug-likeness (QED) is 0.647. The smallest absolute Gasteiger partial charge is 0.136 e. The third-order valence-electron chi connectivity index (χ3n) is 5.09. The van der Waals surface area contributed by atoms with E-state index in [9.17, 15) is 4.39 Å². The van der Waals surface area contributed by atoms with Gasteiger partial charge in [0.15, 0.2) is 0 Å². The lowest BCUT2D eigenvalue weighted by atomic mass is 9.97. The second kappa shape index (κ2) is 6.97. The van der Waals surface area contributed by atoms with Crippen molar-refractivity contribution in [2.24, 2.45) is 4.99 Å². The molecule has 0 aliphatic carbocycles. The monoisotopic (exact) mass is 370 g/mol. The standard InChI is InChI=1S/C24H19FN2O/c25-20-9-5-17(6-10-20)16-28-21-11-7-18(8-12-21)23-15-19-3-1-2-4-22(19)24-26-13-14-27(23)24/h1-12,15H,13-14,16H2. The number of aliphatic imine (C=N–C) groups is 1. The zero-order valence-corrected chi connectivity index (χ0v) is 15.3. The number of amidine groups is 1. The normalized spacial score (nSPS) is 14.8. The summed E-state index contributed by atoms with van der Waals surface area (Å²) in [6.07, 6.45) is 2.23. The molecule has 2 aliphatic heterocycles. The predicted octanol–water partition coefficient (Wildman–Crippen LogP) is 4.98. The van der Waals surface area contributed by atoms with Gasteiger partial charge in [-0.05, 0) is 59.2 Å². The van der Waals surface area contributed by atoms with E-state index in [0.29, 0.717) is 6.61 Å². The molecule has 0 aromatic heterocycles. The first kappa shape index (κ1) is 16.8. The fourth-order valence-electron chi connectivity index (χ4n) is 3.67. The summed E-state index contributed by atoms with van der Waals surface area (Å²) >= 11 is 0. The Balaban J connectivity index is 1.38. The minimum Gasteiger partial charge on any atom is -0.489 e. The highest BCUT2D eigenvalue weighted by atomic mass is 19.1. The third kappa shape index (κ3) is 3.07. The number of fused-ring (bicyclic) bond motifs is 3. The number of ether oxygens (including phenoxy) is 1. The molecular weight excluding hydrogens is 351 g/mol. The van der Waals surface area contributed by atoms with Crippen LogP contribution in [0.3, 0.4) is 0 Å². The summed E-state index contributed by atoms with van der Waals surface area (Å²) in [5, 5.41) is 0. The van der Waals surface area contributed by atoms with Crippen LogP contribution in [0.1, 0.15) is 22.3 Å². The van der Waals surface area contributed by atoms with E-state index in [0.717, 1.165) is 35.8 Å². The molecule has 0 atom stereocenters. The van der Waals surface area contributed by atoms with Crippen LogP contribution in [0.5, 0.6) is 5.75 Å². The maximum absolute atomic E-state index is 13.0. The summed E-state index contributed by atoms with van der Waals surface area (Å²) < 4.78 is 18.8. The Labute approximate surface area is 163 Å². The molecule has 0 saturated carbocycles. The van der Waals surface area contributed by atoms with E-state index in [2.05, 4.69) is 47.4 Å². The van der Waals surface area contributed by atoms with Gasteiger partial charge in [-0.1, -0.05) is 36.4 Å². The maximum Gasteiger partial charge on any atom is 0.136 e. The van der Waals surface area contributed by atoms with Crippen molar-refractivity contribution < 1.29 is 9.13 Å².